The quantitative estimate of drug-likeness (QED) is 0.841. The largest absolute Gasteiger partial charge is 0.313 e. The van der Waals surface area contributed by atoms with Crippen molar-refractivity contribution in [1.29, 1.82) is 0 Å². The molecule has 0 atom stereocenters. The molecular formula is C15H25ClN2O2S. The Balaban J connectivity index is 3.14. The fourth-order valence-corrected chi connectivity index (χ4v) is 3.72. The molecule has 1 rings (SSSR count). The summed E-state index contributed by atoms with van der Waals surface area (Å²) < 4.78 is 27.6. The summed E-state index contributed by atoms with van der Waals surface area (Å²) in [6.07, 6.45) is 0. The molecule has 1 aromatic carbocycles. The van der Waals surface area contributed by atoms with Gasteiger partial charge >= 0.3 is 0 Å². The number of hydrogen-bond donors (Lipinski definition) is 2. The third-order valence-corrected chi connectivity index (χ3v) is 4.83. The van der Waals surface area contributed by atoms with Crippen LogP contribution < -0.4 is 10.0 Å². The molecule has 1 aromatic rings. The lowest BCUT2D eigenvalue weighted by molar-refractivity contribution is 0.407. The maximum absolute atomic E-state index is 12.5. The normalized spacial score (nSPS) is 12.7. The predicted molar refractivity (Wildman–Crippen MR) is 88.2 cm³/mol. The lowest BCUT2D eigenvalue weighted by Crippen LogP contribution is -2.33. The monoisotopic (exact) mass is 332 g/mol. The molecular weight excluding hydrogens is 308 g/mol. The fraction of sp³-hybridized carbons (Fsp3) is 0.600. The minimum atomic E-state index is -3.56. The van der Waals surface area contributed by atoms with E-state index in [4.69, 9.17) is 11.6 Å². The molecule has 0 saturated heterocycles. The summed E-state index contributed by atoms with van der Waals surface area (Å²) in [4.78, 5) is 0.257. The smallest absolute Gasteiger partial charge is 0.240 e. The first-order valence-electron chi connectivity index (χ1n) is 7.06. The highest BCUT2D eigenvalue weighted by Crippen LogP contribution is 2.25. The molecule has 0 heterocycles. The highest BCUT2D eigenvalue weighted by Gasteiger charge is 2.22. The van der Waals surface area contributed by atoms with E-state index in [-0.39, 0.29) is 10.3 Å². The second-order valence-electron chi connectivity index (χ2n) is 6.35. The van der Waals surface area contributed by atoms with E-state index in [1.807, 2.05) is 40.7 Å². The average Bonchev–Trinajstić information content (AvgIpc) is 2.36. The third-order valence-electron chi connectivity index (χ3n) is 3.08. The van der Waals surface area contributed by atoms with Crippen molar-refractivity contribution in [2.45, 2.75) is 46.1 Å². The highest BCUT2D eigenvalue weighted by molar-refractivity contribution is 7.89. The maximum Gasteiger partial charge on any atom is 0.240 e. The predicted octanol–water partition coefficient (Wildman–Crippen LogP) is 3.08. The summed E-state index contributed by atoms with van der Waals surface area (Å²) in [6.45, 7) is 11.6. The molecule has 0 aliphatic carbocycles. The number of hydrogen-bond acceptors (Lipinski definition) is 3. The molecule has 0 bridgehead atoms. The van der Waals surface area contributed by atoms with Crippen LogP contribution in [0.2, 0.25) is 5.02 Å². The Kier molecular flexibility index (Phi) is 6.23. The van der Waals surface area contributed by atoms with Gasteiger partial charge in [0, 0.05) is 18.1 Å². The molecule has 4 nitrogen and oxygen atoms in total. The topological polar surface area (TPSA) is 58.2 Å². The molecule has 0 unspecified atom stereocenters. The van der Waals surface area contributed by atoms with Gasteiger partial charge in [-0.1, -0.05) is 39.3 Å². The van der Waals surface area contributed by atoms with E-state index >= 15 is 0 Å². The Morgan fingerprint density at radius 3 is 2.38 bits per heavy atom. The van der Waals surface area contributed by atoms with Crippen molar-refractivity contribution >= 4 is 21.6 Å². The van der Waals surface area contributed by atoms with Gasteiger partial charge in [0.05, 0.1) is 4.90 Å². The van der Waals surface area contributed by atoms with Gasteiger partial charge in [-0.25, -0.2) is 13.1 Å². The van der Waals surface area contributed by atoms with Crippen LogP contribution in [-0.4, -0.2) is 21.5 Å². The lowest BCUT2D eigenvalue weighted by atomic mass is 9.98. The van der Waals surface area contributed by atoms with E-state index in [9.17, 15) is 8.42 Å². The van der Waals surface area contributed by atoms with Crippen LogP contribution in [0.25, 0.3) is 0 Å². The molecule has 0 saturated carbocycles. The number of benzene rings is 1. The zero-order valence-corrected chi connectivity index (χ0v) is 15.0. The van der Waals surface area contributed by atoms with Gasteiger partial charge in [-0.15, -0.1) is 0 Å². The fourth-order valence-electron chi connectivity index (χ4n) is 1.82. The van der Waals surface area contributed by atoms with Crippen molar-refractivity contribution in [3.63, 3.8) is 0 Å². The minimum Gasteiger partial charge on any atom is -0.313 e. The van der Waals surface area contributed by atoms with Crippen LogP contribution in [0.3, 0.4) is 0 Å². The summed E-state index contributed by atoms with van der Waals surface area (Å²) in [7, 11) is -3.56. The van der Waals surface area contributed by atoms with Crippen molar-refractivity contribution in [3.8, 4) is 0 Å². The molecule has 0 aliphatic heterocycles. The summed E-state index contributed by atoms with van der Waals surface area (Å²) in [5.74, 6) is 0. The molecule has 0 radical (unpaired) electrons. The molecule has 0 fully saturated rings. The number of nitrogens with one attached hydrogen (secondary N) is 2. The Hall–Kier alpha value is -0.620. The van der Waals surface area contributed by atoms with Crippen molar-refractivity contribution in [2.75, 3.05) is 13.1 Å². The summed E-state index contributed by atoms with van der Waals surface area (Å²) in [5, 5.41) is 3.63. The van der Waals surface area contributed by atoms with Crippen LogP contribution in [-0.2, 0) is 16.6 Å². The first-order chi connectivity index (χ1) is 9.57. The minimum absolute atomic E-state index is 0.119. The average molecular weight is 333 g/mol. The standard InChI is InChI=1S/C15H25ClN2O2S/c1-6-17-9-12-7-13(16)8-14(11(12)2)21(19,20)18-10-15(3,4)5/h7-8,17-18H,6,9-10H2,1-5H3. The summed E-state index contributed by atoms with van der Waals surface area (Å²) in [5.41, 5.74) is 1.52. The molecule has 21 heavy (non-hydrogen) atoms. The summed E-state index contributed by atoms with van der Waals surface area (Å²) in [6, 6.07) is 3.32. The Morgan fingerprint density at radius 1 is 1.24 bits per heavy atom. The molecule has 2 N–H and O–H groups in total. The van der Waals surface area contributed by atoms with Crippen molar-refractivity contribution in [3.05, 3.63) is 28.3 Å². The first-order valence-corrected chi connectivity index (χ1v) is 8.92. The number of sulfonamides is 1. The molecule has 0 aromatic heterocycles. The number of halogens is 1. The van der Waals surface area contributed by atoms with Gasteiger partial charge < -0.3 is 5.32 Å². The maximum atomic E-state index is 12.5. The van der Waals surface area contributed by atoms with E-state index in [0.29, 0.717) is 18.1 Å². The van der Waals surface area contributed by atoms with E-state index in [0.717, 1.165) is 17.7 Å². The van der Waals surface area contributed by atoms with Gasteiger partial charge in [-0.2, -0.15) is 0 Å². The molecule has 0 aliphatic rings. The Labute approximate surface area is 133 Å². The van der Waals surface area contributed by atoms with Crippen LogP contribution >= 0.6 is 11.6 Å². The van der Waals surface area contributed by atoms with E-state index < -0.39 is 10.0 Å². The SMILES string of the molecule is CCNCc1cc(Cl)cc(S(=O)(=O)NCC(C)(C)C)c1C. The van der Waals surface area contributed by atoms with Crippen LogP contribution in [0.1, 0.15) is 38.8 Å². The van der Waals surface area contributed by atoms with Crippen LogP contribution in [0.15, 0.2) is 17.0 Å². The van der Waals surface area contributed by atoms with Gasteiger partial charge in [0.15, 0.2) is 0 Å². The van der Waals surface area contributed by atoms with Crippen LogP contribution in [0, 0.1) is 12.3 Å². The molecule has 6 heteroatoms. The van der Waals surface area contributed by atoms with Crippen molar-refractivity contribution in [1.82, 2.24) is 10.0 Å². The molecule has 0 amide bonds. The van der Waals surface area contributed by atoms with Gasteiger partial charge in [-0.05, 0) is 42.1 Å². The number of rotatable bonds is 6. The van der Waals surface area contributed by atoms with E-state index in [1.54, 1.807) is 0 Å². The first kappa shape index (κ1) is 18.4. The third kappa shape index (κ3) is 5.58. The van der Waals surface area contributed by atoms with Gasteiger partial charge in [0.25, 0.3) is 0 Å². The second kappa shape index (κ2) is 7.09. The molecule has 120 valence electrons. The second-order valence-corrected chi connectivity index (χ2v) is 8.53. The van der Waals surface area contributed by atoms with Gasteiger partial charge in [0.1, 0.15) is 0 Å². The lowest BCUT2D eigenvalue weighted by Gasteiger charge is -2.20. The molecule has 0 spiro atoms. The van der Waals surface area contributed by atoms with Crippen molar-refractivity contribution in [2.24, 2.45) is 5.41 Å². The van der Waals surface area contributed by atoms with Crippen molar-refractivity contribution < 1.29 is 8.42 Å². The van der Waals surface area contributed by atoms with Crippen LogP contribution in [0.4, 0.5) is 0 Å². The zero-order valence-electron chi connectivity index (χ0n) is 13.4. The van der Waals surface area contributed by atoms with E-state index in [2.05, 4.69) is 10.0 Å². The van der Waals surface area contributed by atoms with Gasteiger partial charge in [0.2, 0.25) is 10.0 Å². The Morgan fingerprint density at radius 2 is 1.86 bits per heavy atom. The Bertz CT molecular complexity index is 592. The summed E-state index contributed by atoms with van der Waals surface area (Å²) >= 11 is 6.08. The highest BCUT2D eigenvalue weighted by atomic mass is 35.5. The van der Waals surface area contributed by atoms with E-state index in [1.165, 1.54) is 6.07 Å². The van der Waals surface area contributed by atoms with Gasteiger partial charge in [-0.3, -0.25) is 0 Å². The van der Waals surface area contributed by atoms with Crippen LogP contribution in [0.5, 0.6) is 0 Å². The zero-order chi connectivity index (χ0) is 16.3.